The van der Waals surface area contributed by atoms with Crippen molar-refractivity contribution >= 4 is 27.5 Å². The lowest BCUT2D eigenvalue weighted by Gasteiger charge is -2.33. The van der Waals surface area contributed by atoms with Crippen LogP contribution >= 0.6 is 0 Å². The number of hydrogen-bond acceptors (Lipinski definition) is 8. The van der Waals surface area contributed by atoms with Crippen LogP contribution in [0.15, 0.2) is 53.4 Å². The quantitative estimate of drug-likeness (QED) is 0.517. The van der Waals surface area contributed by atoms with Crippen molar-refractivity contribution in [3.8, 4) is 22.8 Å². The normalized spacial score (nSPS) is 16.1. The van der Waals surface area contributed by atoms with Gasteiger partial charge in [0, 0.05) is 35.7 Å². The lowest BCUT2D eigenvalue weighted by molar-refractivity contribution is 0.0981. The molecule has 36 heavy (non-hydrogen) atoms. The van der Waals surface area contributed by atoms with E-state index in [1.54, 1.807) is 48.5 Å². The van der Waals surface area contributed by atoms with Crippen LogP contribution in [0.3, 0.4) is 0 Å². The van der Waals surface area contributed by atoms with Crippen molar-refractivity contribution in [2.24, 2.45) is 0 Å². The molecule has 1 atom stereocenters. The molecule has 0 bridgehead atoms. The molecule has 0 saturated carbocycles. The fourth-order valence-electron chi connectivity index (χ4n) is 3.87. The third-order valence-corrected chi connectivity index (χ3v) is 6.75. The Kier molecular flexibility index (Phi) is 7.51. The van der Waals surface area contributed by atoms with Crippen LogP contribution in [0.4, 0.5) is 16.4 Å². The number of sulfone groups is 1. The lowest BCUT2D eigenvalue weighted by atomic mass is 10.1. The molecule has 2 N–H and O–H groups in total. The SMILES string of the molecule is CC(C)NC(=O)Nc1ccc(-c2nc(-c3ccccc3S(C)(=O)=O)nc(N3CCOC[C@@H]3C)n2)cc1. The van der Waals surface area contributed by atoms with E-state index in [9.17, 15) is 13.2 Å². The van der Waals surface area contributed by atoms with Gasteiger partial charge in [0.2, 0.25) is 5.95 Å². The number of amides is 2. The molecular weight excluding hydrogens is 480 g/mol. The summed E-state index contributed by atoms with van der Waals surface area (Å²) >= 11 is 0. The number of benzene rings is 2. The number of carbonyl (C=O) groups excluding carboxylic acids is 1. The average molecular weight is 511 g/mol. The summed E-state index contributed by atoms with van der Waals surface area (Å²) < 4.78 is 30.5. The van der Waals surface area contributed by atoms with Crippen molar-refractivity contribution in [2.75, 3.05) is 36.2 Å². The predicted molar refractivity (Wildman–Crippen MR) is 139 cm³/mol. The molecule has 3 aromatic rings. The molecule has 190 valence electrons. The maximum Gasteiger partial charge on any atom is 0.319 e. The molecule has 2 amide bonds. The highest BCUT2D eigenvalue weighted by Crippen LogP contribution is 2.29. The van der Waals surface area contributed by atoms with E-state index in [0.717, 1.165) is 0 Å². The fraction of sp³-hybridized carbons (Fsp3) is 0.360. The molecule has 0 radical (unpaired) electrons. The Balaban J connectivity index is 1.77. The highest BCUT2D eigenvalue weighted by molar-refractivity contribution is 7.90. The van der Waals surface area contributed by atoms with Gasteiger partial charge in [0.15, 0.2) is 21.5 Å². The van der Waals surface area contributed by atoms with Crippen LogP contribution in [0, 0.1) is 0 Å². The van der Waals surface area contributed by atoms with Gasteiger partial charge in [0.25, 0.3) is 0 Å². The van der Waals surface area contributed by atoms with Crippen molar-refractivity contribution in [1.29, 1.82) is 0 Å². The summed E-state index contributed by atoms with van der Waals surface area (Å²) in [5.74, 6) is 1.12. The van der Waals surface area contributed by atoms with Gasteiger partial charge in [0.1, 0.15) is 0 Å². The standard InChI is InChI=1S/C25H30N6O4S/c1-16(2)26-25(32)27-19-11-9-18(10-12-19)22-28-23(20-7-5-6-8-21(20)36(4,33)34)30-24(29-22)31-13-14-35-15-17(31)3/h5-12,16-17H,13-15H2,1-4H3,(H2,26,27,32)/t17-/m0/s1. The number of nitrogens with one attached hydrogen (secondary N) is 2. The topological polar surface area (TPSA) is 126 Å². The second-order valence-corrected chi connectivity index (χ2v) is 11.0. The van der Waals surface area contributed by atoms with Crippen molar-refractivity contribution in [1.82, 2.24) is 20.3 Å². The van der Waals surface area contributed by atoms with E-state index in [4.69, 9.17) is 9.72 Å². The fourth-order valence-corrected chi connectivity index (χ4v) is 4.76. The molecule has 2 aromatic carbocycles. The minimum Gasteiger partial charge on any atom is -0.377 e. The van der Waals surface area contributed by atoms with E-state index in [-0.39, 0.29) is 28.8 Å². The van der Waals surface area contributed by atoms with E-state index in [1.165, 1.54) is 6.26 Å². The van der Waals surface area contributed by atoms with Crippen molar-refractivity contribution in [3.05, 3.63) is 48.5 Å². The van der Waals surface area contributed by atoms with Crippen LogP contribution in [-0.4, -0.2) is 67.5 Å². The Morgan fingerprint density at radius 3 is 2.42 bits per heavy atom. The molecule has 1 aromatic heterocycles. The maximum absolute atomic E-state index is 12.5. The number of morpholine rings is 1. The average Bonchev–Trinajstić information content (AvgIpc) is 2.83. The first kappa shape index (κ1) is 25.5. The molecule has 0 aliphatic carbocycles. The van der Waals surface area contributed by atoms with Gasteiger partial charge in [-0.1, -0.05) is 12.1 Å². The predicted octanol–water partition coefficient (Wildman–Crippen LogP) is 3.36. The van der Waals surface area contributed by atoms with Crippen molar-refractivity contribution in [2.45, 2.75) is 37.8 Å². The summed E-state index contributed by atoms with van der Waals surface area (Å²) in [6.07, 6.45) is 1.17. The van der Waals surface area contributed by atoms with Gasteiger partial charge in [-0.2, -0.15) is 9.97 Å². The van der Waals surface area contributed by atoms with Gasteiger partial charge in [-0.25, -0.2) is 18.2 Å². The molecule has 1 fully saturated rings. The Bertz CT molecular complexity index is 1340. The summed E-state index contributed by atoms with van der Waals surface area (Å²) in [4.78, 5) is 28.3. The van der Waals surface area contributed by atoms with Crippen LogP contribution in [-0.2, 0) is 14.6 Å². The first-order valence-electron chi connectivity index (χ1n) is 11.7. The van der Waals surface area contributed by atoms with Gasteiger partial charge in [-0.05, 0) is 57.2 Å². The van der Waals surface area contributed by atoms with E-state index in [0.29, 0.717) is 48.3 Å². The second-order valence-electron chi connectivity index (χ2n) is 9.00. The Morgan fingerprint density at radius 2 is 1.75 bits per heavy atom. The first-order valence-corrected chi connectivity index (χ1v) is 13.6. The van der Waals surface area contributed by atoms with Crippen LogP contribution in [0.5, 0.6) is 0 Å². The van der Waals surface area contributed by atoms with E-state index in [1.807, 2.05) is 25.7 Å². The van der Waals surface area contributed by atoms with Gasteiger partial charge >= 0.3 is 6.03 Å². The Labute approximate surface area is 211 Å². The monoisotopic (exact) mass is 510 g/mol. The molecular formula is C25H30N6O4S. The smallest absolute Gasteiger partial charge is 0.319 e. The number of anilines is 2. The molecule has 1 saturated heterocycles. The van der Waals surface area contributed by atoms with Crippen LogP contribution in [0.2, 0.25) is 0 Å². The molecule has 11 heteroatoms. The minimum atomic E-state index is -3.51. The van der Waals surface area contributed by atoms with E-state index >= 15 is 0 Å². The summed E-state index contributed by atoms with van der Waals surface area (Å²) in [5, 5.41) is 5.57. The lowest BCUT2D eigenvalue weighted by Crippen LogP contribution is -2.44. The Morgan fingerprint density at radius 1 is 1.06 bits per heavy atom. The third kappa shape index (κ3) is 5.97. The summed E-state index contributed by atoms with van der Waals surface area (Å²) in [6, 6.07) is 13.6. The second kappa shape index (κ2) is 10.6. The number of nitrogens with zero attached hydrogens (tertiary/aromatic N) is 4. The molecule has 1 aliphatic rings. The maximum atomic E-state index is 12.5. The zero-order chi connectivity index (χ0) is 25.9. The zero-order valence-electron chi connectivity index (χ0n) is 20.7. The molecule has 2 heterocycles. The molecule has 10 nitrogen and oxygen atoms in total. The number of aromatic nitrogens is 3. The van der Waals surface area contributed by atoms with E-state index in [2.05, 4.69) is 20.6 Å². The number of rotatable bonds is 6. The summed E-state index contributed by atoms with van der Waals surface area (Å²) in [5.41, 5.74) is 1.73. The molecule has 1 aliphatic heterocycles. The molecule has 0 spiro atoms. The van der Waals surface area contributed by atoms with Crippen molar-refractivity contribution in [3.63, 3.8) is 0 Å². The number of hydrogen-bond donors (Lipinski definition) is 2. The van der Waals surface area contributed by atoms with Crippen LogP contribution in [0.25, 0.3) is 22.8 Å². The van der Waals surface area contributed by atoms with Gasteiger partial charge in [0.05, 0.1) is 24.2 Å². The number of urea groups is 1. The third-order valence-electron chi connectivity index (χ3n) is 5.60. The highest BCUT2D eigenvalue weighted by atomic mass is 32.2. The van der Waals surface area contributed by atoms with Crippen LogP contribution < -0.4 is 15.5 Å². The largest absolute Gasteiger partial charge is 0.377 e. The van der Waals surface area contributed by atoms with Crippen LogP contribution in [0.1, 0.15) is 20.8 Å². The van der Waals surface area contributed by atoms with Gasteiger partial charge in [-0.15, -0.1) is 0 Å². The summed E-state index contributed by atoms with van der Waals surface area (Å²) in [6.45, 7) is 7.47. The number of ether oxygens (including phenoxy) is 1. The number of carbonyl (C=O) groups is 1. The molecule has 0 unspecified atom stereocenters. The van der Waals surface area contributed by atoms with E-state index < -0.39 is 9.84 Å². The van der Waals surface area contributed by atoms with Gasteiger partial charge in [-0.3, -0.25) is 0 Å². The summed E-state index contributed by atoms with van der Waals surface area (Å²) in [7, 11) is -3.51. The zero-order valence-corrected chi connectivity index (χ0v) is 21.5. The Hall–Kier alpha value is -3.57. The molecule has 4 rings (SSSR count). The first-order chi connectivity index (χ1) is 17.1. The van der Waals surface area contributed by atoms with Gasteiger partial charge < -0.3 is 20.3 Å². The van der Waals surface area contributed by atoms with Crippen molar-refractivity contribution < 1.29 is 17.9 Å². The highest BCUT2D eigenvalue weighted by Gasteiger charge is 2.25. The minimum absolute atomic E-state index is 0.0173.